The Morgan fingerprint density at radius 3 is 2.83 bits per heavy atom. The molecule has 0 spiro atoms. The van der Waals surface area contributed by atoms with Gasteiger partial charge in [0.1, 0.15) is 0 Å². The molecule has 1 aliphatic carbocycles. The molecule has 3 rings (SSSR count). The third-order valence-corrected chi connectivity index (χ3v) is 3.91. The van der Waals surface area contributed by atoms with E-state index in [-0.39, 0.29) is 29.6 Å². The zero-order valence-electron chi connectivity index (χ0n) is 10.7. The number of rotatable bonds is 2. The zero-order chi connectivity index (χ0) is 12.0. The number of benzene rings is 1. The molecule has 1 atom stereocenters. The number of halogens is 1. The summed E-state index contributed by atoms with van der Waals surface area (Å²) in [6.45, 7) is 5.29. The van der Waals surface area contributed by atoms with Gasteiger partial charge >= 0.3 is 0 Å². The predicted molar refractivity (Wildman–Crippen MR) is 76.4 cm³/mol. The second-order valence-electron chi connectivity index (χ2n) is 5.78. The fraction of sp³-hybridized carbons (Fsp3) is 0.500. The fourth-order valence-electron chi connectivity index (χ4n) is 2.53. The van der Waals surface area contributed by atoms with Gasteiger partial charge in [-0.2, -0.15) is 0 Å². The molecule has 1 fully saturated rings. The van der Waals surface area contributed by atoms with Crippen LogP contribution < -0.4 is 10.6 Å². The number of hydrogen-bond donors (Lipinski definition) is 2. The van der Waals surface area contributed by atoms with Gasteiger partial charge in [-0.1, -0.05) is 13.8 Å². The summed E-state index contributed by atoms with van der Waals surface area (Å²) < 4.78 is 0. The fourth-order valence-corrected chi connectivity index (χ4v) is 2.53. The Morgan fingerprint density at radius 1 is 1.44 bits per heavy atom. The third-order valence-electron chi connectivity index (χ3n) is 3.91. The van der Waals surface area contributed by atoms with Crippen molar-refractivity contribution in [2.45, 2.75) is 26.7 Å². The molecule has 1 heterocycles. The van der Waals surface area contributed by atoms with Crippen molar-refractivity contribution in [2.24, 2.45) is 11.3 Å². The summed E-state index contributed by atoms with van der Waals surface area (Å²) in [5.41, 5.74) is 3.63. The van der Waals surface area contributed by atoms with E-state index in [0.717, 1.165) is 25.1 Å². The lowest BCUT2D eigenvalue weighted by Gasteiger charge is -2.08. The number of hydrogen-bond acceptors (Lipinski definition) is 2. The van der Waals surface area contributed by atoms with E-state index < -0.39 is 0 Å². The van der Waals surface area contributed by atoms with Crippen LogP contribution in [0.1, 0.15) is 25.8 Å². The minimum atomic E-state index is 0. The van der Waals surface area contributed by atoms with Crippen LogP contribution in [0.25, 0.3) is 0 Å². The molecule has 18 heavy (non-hydrogen) atoms. The SMILES string of the molecule is CC1(C)CC1C(=O)Nc1ccc2c(c1)CCN2.Cl. The van der Waals surface area contributed by atoms with Gasteiger partial charge in [-0.15, -0.1) is 12.4 Å². The molecule has 98 valence electrons. The van der Waals surface area contributed by atoms with E-state index in [0.29, 0.717) is 0 Å². The number of carbonyl (C=O) groups excluding carboxylic acids is 1. The van der Waals surface area contributed by atoms with Crippen molar-refractivity contribution in [1.29, 1.82) is 0 Å². The first-order valence-electron chi connectivity index (χ1n) is 6.24. The molecular weight excluding hydrogens is 248 g/mol. The molecule has 1 saturated carbocycles. The zero-order valence-corrected chi connectivity index (χ0v) is 11.6. The molecule has 2 N–H and O–H groups in total. The quantitative estimate of drug-likeness (QED) is 0.864. The minimum Gasteiger partial charge on any atom is -0.384 e. The molecule has 0 radical (unpaired) electrons. The van der Waals surface area contributed by atoms with Crippen LogP contribution in [0, 0.1) is 11.3 Å². The van der Waals surface area contributed by atoms with Crippen LogP contribution in [-0.2, 0) is 11.2 Å². The van der Waals surface area contributed by atoms with Crippen molar-refractivity contribution in [2.75, 3.05) is 17.2 Å². The highest BCUT2D eigenvalue weighted by Gasteiger charge is 2.50. The van der Waals surface area contributed by atoms with Gasteiger partial charge in [-0.3, -0.25) is 4.79 Å². The molecule has 0 aromatic heterocycles. The first-order chi connectivity index (χ1) is 8.06. The Kier molecular flexibility index (Phi) is 3.28. The van der Waals surface area contributed by atoms with E-state index in [9.17, 15) is 4.79 Å². The Balaban J connectivity index is 0.00000120. The number of carbonyl (C=O) groups is 1. The average molecular weight is 267 g/mol. The van der Waals surface area contributed by atoms with Gasteiger partial charge < -0.3 is 10.6 Å². The highest BCUT2D eigenvalue weighted by atomic mass is 35.5. The Labute approximate surface area is 114 Å². The number of fused-ring (bicyclic) bond motifs is 1. The Hall–Kier alpha value is -1.22. The summed E-state index contributed by atoms with van der Waals surface area (Å²) in [4.78, 5) is 12.0. The van der Waals surface area contributed by atoms with Gasteiger partial charge in [0.05, 0.1) is 0 Å². The van der Waals surface area contributed by atoms with Crippen molar-refractivity contribution in [3.05, 3.63) is 23.8 Å². The number of anilines is 2. The second-order valence-corrected chi connectivity index (χ2v) is 5.78. The molecule has 1 unspecified atom stereocenters. The summed E-state index contributed by atoms with van der Waals surface area (Å²) >= 11 is 0. The normalized spacial score (nSPS) is 22.4. The number of nitrogens with one attached hydrogen (secondary N) is 2. The van der Waals surface area contributed by atoms with Gasteiger partial charge in [0.15, 0.2) is 0 Å². The van der Waals surface area contributed by atoms with Gasteiger partial charge in [-0.05, 0) is 42.0 Å². The van der Waals surface area contributed by atoms with Crippen molar-refractivity contribution in [3.8, 4) is 0 Å². The number of amides is 1. The van der Waals surface area contributed by atoms with Gasteiger partial charge in [0.25, 0.3) is 0 Å². The maximum absolute atomic E-state index is 12.0. The summed E-state index contributed by atoms with van der Waals surface area (Å²) in [6.07, 6.45) is 2.05. The third kappa shape index (κ3) is 2.32. The largest absolute Gasteiger partial charge is 0.384 e. The van der Waals surface area contributed by atoms with Crippen LogP contribution >= 0.6 is 12.4 Å². The molecule has 1 aromatic carbocycles. The van der Waals surface area contributed by atoms with Crippen molar-refractivity contribution >= 4 is 29.7 Å². The van der Waals surface area contributed by atoms with E-state index in [2.05, 4.69) is 36.6 Å². The van der Waals surface area contributed by atoms with E-state index in [1.165, 1.54) is 11.3 Å². The molecular formula is C14H19ClN2O. The van der Waals surface area contributed by atoms with Crippen molar-refractivity contribution in [3.63, 3.8) is 0 Å². The standard InChI is InChI=1S/C14H18N2O.ClH/c1-14(2)8-11(14)13(17)16-10-3-4-12-9(7-10)5-6-15-12;/h3-4,7,11,15H,5-6,8H2,1-2H3,(H,16,17);1H. The summed E-state index contributed by atoms with van der Waals surface area (Å²) in [5, 5.41) is 6.34. The van der Waals surface area contributed by atoms with E-state index in [1.807, 2.05) is 6.07 Å². The highest BCUT2D eigenvalue weighted by molar-refractivity contribution is 5.95. The molecule has 2 aliphatic rings. The van der Waals surface area contributed by atoms with E-state index in [1.54, 1.807) is 0 Å². The monoisotopic (exact) mass is 266 g/mol. The maximum atomic E-state index is 12.0. The first-order valence-corrected chi connectivity index (χ1v) is 6.24. The molecule has 0 saturated heterocycles. The van der Waals surface area contributed by atoms with Crippen molar-refractivity contribution < 1.29 is 4.79 Å². The van der Waals surface area contributed by atoms with Gasteiger partial charge in [-0.25, -0.2) is 0 Å². The lowest BCUT2D eigenvalue weighted by atomic mass is 10.1. The smallest absolute Gasteiger partial charge is 0.228 e. The summed E-state index contributed by atoms with van der Waals surface area (Å²) in [5.74, 6) is 0.356. The minimum absolute atomic E-state index is 0. The predicted octanol–water partition coefficient (Wildman–Crippen LogP) is 3.06. The van der Waals surface area contributed by atoms with Crippen LogP contribution in [0.2, 0.25) is 0 Å². The second kappa shape index (κ2) is 4.47. The topological polar surface area (TPSA) is 41.1 Å². The molecule has 0 bridgehead atoms. The van der Waals surface area contributed by atoms with Crippen molar-refractivity contribution in [1.82, 2.24) is 0 Å². The summed E-state index contributed by atoms with van der Waals surface area (Å²) in [6, 6.07) is 6.11. The van der Waals surface area contributed by atoms with E-state index in [4.69, 9.17) is 0 Å². The lowest BCUT2D eigenvalue weighted by Crippen LogP contribution is -2.16. The van der Waals surface area contributed by atoms with Gasteiger partial charge in [0, 0.05) is 23.8 Å². The highest BCUT2D eigenvalue weighted by Crippen LogP contribution is 2.52. The Bertz CT molecular complexity index is 485. The average Bonchev–Trinajstić information content (AvgIpc) is 2.73. The van der Waals surface area contributed by atoms with Gasteiger partial charge in [0.2, 0.25) is 5.91 Å². The first kappa shape index (κ1) is 13.2. The molecule has 4 heteroatoms. The van der Waals surface area contributed by atoms with Crippen LogP contribution in [0.15, 0.2) is 18.2 Å². The molecule has 3 nitrogen and oxygen atoms in total. The lowest BCUT2D eigenvalue weighted by molar-refractivity contribution is -0.117. The molecule has 1 aromatic rings. The molecule has 1 amide bonds. The van der Waals surface area contributed by atoms with Crippen LogP contribution in [0.4, 0.5) is 11.4 Å². The van der Waals surface area contributed by atoms with E-state index >= 15 is 0 Å². The summed E-state index contributed by atoms with van der Waals surface area (Å²) in [7, 11) is 0. The van der Waals surface area contributed by atoms with Crippen LogP contribution in [0.3, 0.4) is 0 Å². The van der Waals surface area contributed by atoms with Crippen LogP contribution in [-0.4, -0.2) is 12.5 Å². The van der Waals surface area contributed by atoms with Crippen LogP contribution in [0.5, 0.6) is 0 Å². The molecule has 1 aliphatic heterocycles. The maximum Gasteiger partial charge on any atom is 0.228 e. The Morgan fingerprint density at radius 2 is 2.17 bits per heavy atom.